The van der Waals surface area contributed by atoms with E-state index in [1.165, 1.54) is 17.0 Å². The van der Waals surface area contributed by atoms with Crippen LogP contribution in [-0.2, 0) is 19.7 Å². The standard InChI is InChI=1S/C19H27NO5S/c1-4-6-7-12-20-18(21)13(3)17(19(20)22)16(5-2)14-8-10-15(11-9-14)26(23,24)25/h8-11,13,16-17H,4-7,12H2,1-3H3,(H,23,24,25). The first kappa shape index (κ1) is 20.6. The van der Waals surface area contributed by atoms with Gasteiger partial charge in [0.1, 0.15) is 0 Å². The van der Waals surface area contributed by atoms with Crippen LogP contribution in [0.2, 0.25) is 0 Å². The largest absolute Gasteiger partial charge is 0.294 e. The Balaban J connectivity index is 2.26. The Morgan fingerprint density at radius 2 is 1.69 bits per heavy atom. The zero-order chi connectivity index (χ0) is 19.5. The zero-order valence-corrected chi connectivity index (χ0v) is 16.3. The van der Waals surface area contributed by atoms with E-state index in [0.717, 1.165) is 24.8 Å². The van der Waals surface area contributed by atoms with Gasteiger partial charge in [0.25, 0.3) is 10.1 Å². The van der Waals surface area contributed by atoms with E-state index in [1.807, 2.05) is 6.92 Å². The molecule has 0 radical (unpaired) electrons. The molecule has 1 fully saturated rings. The summed E-state index contributed by atoms with van der Waals surface area (Å²) in [5.41, 5.74) is 0.799. The number of nitrogens with zero attached hydrogens (tertiary/aromatic N) is 1. The summed E-state index contributed by atoms with van der Waals surface area (Å²) in [7, 11) is -4.25. The lowest BCUT2D eigenvalue weighted by atomic mass is 9.78. The number of unbranched alkanes of at least 4 members (excludes halogenated alkanes) is 2. The highest BCUT2D eigenvalue weighted by Crippen LogP contribution is 2.39. The Morgan fingerprint density at radius 1 is 1.08 bits per heavy atom. The number of hydrogen-bond acceptors (Lipinski definition) is 4. The van der Waals surface area contributed by atoms with Gasteiger partial charge in [-0.2, -0.15) is 8.42 Å². The SMILES string of the molecule is CCCCCN1C(=O)C(C)C(C(CC)c2ccc(S(=O)(=O)O)cc2)C1=O. The summed E-state index contributed by atoms with van der Waals surface area (Å²) in [4.78, 5) is 26.6. The number of likely N-dealkylation sites (tertiary alicyclic amines) is 1. The molecule has 1 aliphatic heterocycles. The van der Waals surface area contributed by atoms with Gasteiger partial charge in [-0.25, -0.2) is 0 Å². The molecule has 0 aromatic heterocycles. The molecule has 7 heteroatoms. The van der Waals surface area contributed by atoms with E-state index in [2.05, 4.69) is 6.92 Å². The van der Waals surface area contributed by atoms with Crippen molar-refractivity contribution >= 4 is 21.9 Å². The predicted octanol–water partition coefficient (Wildman–Crippen LogP) is 3.24. The smallest absolute Gasteiger partial charge is 0.282 e. The molecule has 6 nitrogen and oxygen atoms in total. The van der Waals surface area contributed by atoms with Gasteiger partial charge in [-0.05, 0) is 36.5 Å². The maximum Gasteiger partial charge on any atom is 0.294 e. The van der Waals surface area contributed by atoms with Gasteiger partial charge in [0.15, 0.2) is 0 Å². The Kier molecular flexibility index (Phi) is 6.58. The van der Waals surface area contributed by atoms with Crippen molar-refractivity contribution in [1.82, 2.24) is 4.90 Å². The third-order valence-corrected chi connectivity index (χ3v) is 6.08. The highest BCUT2D eigenvalue weighted by atomic mass is 32.2. The number of carbonyl (C=O) groups is 2. The highest BCUT2D eigenvalue weighted by molar-refractivity contribution is 7.85. The van der Waals surface area contributed by atoms with Crippen molar-refractivity contribution in [2.75, 3.05) is 6.54 Å². The van der Waals surface area contributed by atoms with Crippen molar-refractivity contribution < 1.29 is 22.6 Å². The second-order valence-electron chi connectivity index (χ2n) is 6.91. The highest BCUT2D eigenvalue weighted by Gasteiger charge is 2.48. The number of rotatable bonds is 8. The van der Waals surface area contributed by atoms with Crippen molar-refractivity contribution in [3.05, 3.63) is 29.8 Å². The average Bonchev–Trinajstić information content (AvgIpc) is 2.80. The summed E-state index contributed by atoms with van der Waals surface area (Å²) in [6.07, 6.45) is 3.46. The first-order valence-electron chi connectivity index (χ1n) is 9.15. The number of amides is 2. The quantitative estimate of drug-likeness (QED) is 0.424. The van der Waals surface area contributed by atoms with E-state index in [4.69, 9.17) is 4.55 Å². The molecule has 2 amide bonds. The molecule has 3 unspecified atom stereocenters. The summed E-state index contributed by atoms with van der Waals surface area (Å²) in [5.74, 6) is -1.26. The van der Waals surface area contributed by atoms with E-state index >= 15 is 0 Å². The Bertz CT molecular complexity index is 757. The topological polar surface area (TPSA) is 91.8 Å². The van der Waals surface area contributed by atoms with Gasteiger partial charge in [-0.15, -0.1) is 0 Å². The van der Waals surface area contributed by atoms with Crippen LogP contribution in [0.25, 0.3) is 0 Å². The summed E-state index contributed by atoms with van der Waals surface area (Å²) >= 11 is 0. The van der Waals surface area contributed by atoms with Gasteiger partial charge in [0.2, 0.25) is 11.8 Å². The fourth-order valence-electron chi connectivity index (χ4n) is 3.75. The van der Waals surface area contributed by atoms with Crippen LogP contribution in [0.5, 0.6) is 0 Å². The molecule has 1 aromatic rings. The van der Waals surface area contributed by atoms with Crippen molar-refractivity contribution in [2.24, 2.45) is 11.8 Å². The minimum absolute atomic E-state index is 0.121. The monoisotopic (exact) mass is 381 g/mol. The molecule has 1 heterocycles. The molecule has 26 heavy (non-hydrogen) atoms. The van der Waals surface area contributed by atoms with Crippen LogP contribution in [0, 0.1) is 11.8 Å². The number of carbonyl (C=O) groups excluding carboxylic acids is 2. The minimum Gasteiger partial charge on any atom is -0.282 e. The predicted molar refractivity (Wildman–Crippen MR) is 98.2 cm³/mol. The molecule has 0 aliphatic carbocycles. The van der Waals surface area contributed by atoms with Crippen LogP contribution in [0.3, 0.4) is 0 Å². The Hall–Kier alpha value is -1.73. The number of benzene rings is 1. The molecule has 0 spiro atoms. The fourth-order valence-corrected chi connectivity index (χ4v) is 4.23. The van der Waals surface area contributed by atoms with E-state index in [1.54, 1.807) is 19.1 Å². The normalized spacial score (nSPS) is 22.1. The van der Waals surface area contributed by atoms with Gasteiger partial charge in [0.05, 0.1) is 10.8 Å². The molecular weight excluding hydrogens is 354 g/mol. The Morgan fingerprint density at radius 3 is 2.19 bits per heavy atom. The van der Waals surface area contributed by atoms with Crippen LogP contribution < -0.4 is 0 Å². The third-order valence-electron chi connectivity index (χ3n) is 5.21. The molecule has 0 saturated carbocycles. The average molecular weight is 381 g/mol. The van der Waals surface area contributed by atoms with Crippen molar-refractivity contribution in [3.8, 4) is 0 Å². The summed E-state index contributed by atoms with van der Waals surface area (Å²) < 4.78 is 31.5. The number of hydrogen-bond donors (Lipinski definition) is 1. The lowest BCUT2D eigenvalue weighted by Crippen LogP contribution is -2.32. The summed E-state index contributed by atoms with van der Waals surface area (Å²) in [5, 5.41) is 0. The van der Waals surface area contributed by atoms with Gasteiger partial charge in [-0.3, -0.25) is 19.0 Å². The van der Waals surface area contributed by atoms with Crippen LogP contribution >= 0.6 is 0 Å². The lowest BCUT2D eigenvalue weighted by molar-refractivity contribution is -0.140. The van der Waals surface area contributed by atoms with Crippen molar-refractivity contribution in [3.63, 3.8) is 0 Å². The maximum atomic E-state index is 12.9. The van der Waals surface area contributed by atoms with Gasteiger partial charge >= 0.3 is 0 Å². The fraction of sp³-hybridized carbons (Fsp3) is 0.579. The lowest BCUT2D eigenvalue weighted by Gasteiger charge is -2.23. The van der Waals surface area contributed by atoms with E-state index in [9.17, 15) is 18.0 Å². The first-order chi connectivity index (χ1) is 12.2. The van der Waals surface area contributed by atoms with E-state index in [0.29, 0.717) is 13.0 Å². The van der Waals surface area contributed by atoms with Crippen LogP contribution in [0.1, 0.15) is 57.9 Å². The maximum absolute atomic E-state index is 12.9. The summed E-state index contributed by atoms with van der Waals surface area (Å²) in [6, 6.07) is 5.89. The van der Waals surface area contributed by atoms with Gasteiger partial charge in [-0.1, -0.05) is 45.7 Å². The molecular formula is C19H27NO5S. The minimum atomic E-state index is -4.25. The first-order valence-corrected chi connectivity index (χ1v) is 10.6. The molecule has 3 atom stereocenters. The second-order valence-corrected chi connectivity index (χ2v) is 8.33. The van der Waals surface area contributed by atoms with E-state index in [-0.39, 0.29) is 22.6 Å². The molecule has 1 aliphatic rings. The van der Waals surface area contributed by atoms with Gasteiger partial charge in [0, 0.05) is 12.5 Å². The molecule has 144 valence electrons. The molecule has 1 aromatic carbocycles. The molecule has 0 bridgehead atoms. The van der Waals surface area contributed by atoms with Crippen molar-refractivity contribution in [1.29, 1.82) is 0 Å². The summed E-state index contributed by atoms with van der Waals surface area (Å²) in [6.45, 7) is 6.28. The second kappa shape index (κ2) is 8.31. The third kappa shape index (κ3) is 4.15. The van der Waals surface area contributed by atoms with E-state index < -0.39 is 22.0 Å². The van der Waals surface area contributed by atoms with Crippen LogP contribution in [-0.4, -0.2) is 36.2 Å². The van der Waals surface area contributed by atoms with Crippen molar-refractivity contribution in [2.45, 2.75) is 57.3 Å². The molecule has 1 N–H and O–H groups in total. The Labute approximate surface area is 155 Å². The molecule has 1 saturated heterocycles. The van der Waals surface area contributed by atoms with Gasteiger partial charge < -0.3 is 0 Å². The number of imide groups is 1. The molecule has 2 rings (SSSR count). The zero-order valence-electron chi connectivity index (χ0n) is 15.5. The van der Waals surface area contributed by atoms with Crippen LogP contribution in [0.4, 0.5) is 0 Å². The van der Waals surface area contributed by atoms with Crippen LogP contribution in [0.15, 0.2) is 29.2 Å².